The second-order valence-corrected chi connectivity index (χ2v) is 5.82. The van der Waals surface area contributed by atoms with E-state index < -0.39 is 0 Å². The number of hydrogen-bond donors (Lipinski definition) is 1. The Labute approximate surface area is 148 Å². The quantitative estimate of drug-likeness (QED) is 0.597. The average Bonchev–Trinajstić information content (AvgIpc) is 3.10. The van der Waals surface area contributed by atoms with E-state index in [9.17, 15) is 4.39 Å². The predicted molar refractivity (Wildman–Crippen MR) is 95.0 cm³/mol. The molecule has 0 atom stereocenters. The molecule has 0 radical (unpaired) electrons. The van der Waals surface area contributed by atoms with Crippen molar-refractivity contribution in [3.05, 3.63) is 77.5 Å². The first-order valence-electron chi connectivity index (χ1n) is 7.64. The van der Waals surface area contributed by atoms with Gasteiger partial charge in [-0.25, -0.2) is 9.37 Å². The Morgan fingerprint density at radius 1 is 1.08 bits per heavy atom. The lowest BCUT2D eigenvalue weighted by atomic mass is 10.2. The number of nitrogens with zero attached hydrogens (tertiary/aromatic N) is 4. The average molecular weight is 354 g/mol. The Morgan fingerprint density at radius 2 is 1.92 bits per heavy atom. The summed E-state index contributed by atoms with van der Waals surface area (Å²) in [7, 11) is 0. The molecule has 0 saturated heterocycles. The van der Waals surface area contributed by atoms with Crippen LogP contribution in [0.15, 0.2) is 61.1 Å². The maximum atomic E-state index is 14.0. The topological polar surface area (TPSA) is 55.1 Å². The number of fused-ring (bicyclic) bond motifs is 1. The second kappa shape index (κ2) is 6.49. The van der Waals surface area contributed by atoms with Crippen molar-refractivity contribution in [1.82, 2.24) is 19.6 Å². The van der Waals surface area contributed by atoms with Gasteiger partial charge in [0.15, 0.2) is 5.65 Å². The molecule has 1 N–H and O–H groups in total. The van der Waals surface area contributed by atoms with E-state index >= 15 is 0 Å². The van der Waals surface area contributed by atoms with Crippen LogP contribution in [0.5, 0.6) is 0 Å². The van der Waals surface area contributed by atoms with Gasteiger partial charge in [0.25, 0.3) is 0 Å². The van der Waals surface area contributed by atoms with Gasteiger partial charge in [-0.3, -0.25) is 4.98 Å². The normalized spacial score (nSPS) is 11.0. The molecule has 0 aliphatic heterocycles. The van der Waals surface area contributed by atoms with Gasteiger partial charge in [-0.2, -0.15) is 9.61 Å². The van der Waals surface area contributed by atoms with Crippen LogP contribution < -0.4 is 5.32 Å². The highest BCUT2D eigenvalue weighted by molar-refractivity contribution is 6.31. The lowest BCUT2D eigenvalue weighted by Crippen LogP contribution is -2.08. The third-order valence-electron chi connectivity index (χ3n) is 3.84. The number of hydrogen-bond acceptors (Lipinski definition) is 4. The van der Waals surface area contributed by atoms with Crippen molar-refractivity contribution in [3.8, 4) is 11.3 Å². The summed E-state index contributed by atoms with van der Waals surface area (Å²) in [6.45, 7) is 0.236. The number of benzene rings is 1. The highest BCUT2D eigenvalue weighted by Crippen LogP contribution is 2.24. The first-order chi connectivity index (χ1) is 12.2. The van der Waals surface area contributed by atoms with Crippen molar-refractivity contribution >= 4 is 23.1 Å². The molecule has 0 aliphatic rings. The molecule has 124 valence electrons. The Morgan fingerprint density at radius 3 is 2.72 bits per heavy atom. The van der Waals surface area contributed by atoms with Gasteiger partial charge in [-0.1, -0.05) is 17.7 Å². The molecular formula is C18H13ClFN5. The lowest BCUT2D eigenvalue weighted by molar-refractivity contribution is 0.613. The van der Waals surface area contributed by atoms with E-state index in [-0.39, 0.29) is 12.4 Å². The molecule has 0 spiro atoms. The molecule has 4 aromatic rings. The summed E-state index contributed by atoms with van der Waals surface area (Å²) >= 11 is 6.10. The summed E-state index contributed by atoms with van der Waals surface area (Å²) in [6, 6.07) is 12.1. The van der Waals surface area contributed by atoms with Gasteiger partial charge in [0.05, 0.1) is 11.9 Å². The first kappa shape index (κ1) is 15.5. The van der Waals surface area contributed by atoms with Gasteiger partial charge < -0.3 is 5.32 Å². The molecule has 1 aromatic carbocycles. The van der Waals surface area contributed by atoms with E-state index in [2.05, 4.69) is 20.4 Å². The zero-order valence-electron chi connectivity index (χ0n) is 13.0. The van der Waals surface area contributed by atoms with Gasteiger partial charge >= 0.3 is 0 Å². The highest BCUT2D eigenvalue weighted by Gasteiger charge is 2.11. The van der Waals surface area contributed by atoms with Gasteiger partial charge in [-0.05, 0) is 24.3 Å². The highest BCUT2D eigenvalue weighted by atomic mass is 35.5. The number of nitrogens with one attached hydrogen (secondary N) is 1. The van der Waals surface area contributed by atoms with E-state index in [1.54, 1.807) is 35.2 Å². The van der Waals surface area contributed by atoms with Gasteiger partial charge in [0, 0.05) is 47.2 Å². The number of rotatable bonds is 4. The van der Waals surface area contributed by atoms with Crippen LogP contribution in [-0.4, -0.2) is 19.6 Å². The molecular weight excluding hydrogens is 341 g/mol. The fourth-order valence-corrected chi connectivity index (χ4v) is 2.82. The fourth-order valence-electron chi connectivity index (χ4n) is 2.59. The lowest BCUT2D eigenvalue weighted by Gasteiger charge is -2.12. The Bertz CT molecular complexity index is 1010. The molecule has 25 heavy (non-hydrogen) atoms. The van der Waals surface area contributed by atoms with Crippen molar-refractivity contribution in [3.63, 3.8) is 0 Å². The minimum Gasteiger partial charge on any atom is -0.366 e. The van der Waals surface area contributed by atoms with Crippen LogP contribution in [0.1, 0.15) is 5.56 Å². The van der Waals surface area contributed by atoms with E-state index in [1.165, 1.54) is 6.07 Å². The van der Waals surface area contributed by atoms with Gasteiger partial charge in [-0.15, -0.1) is 0 Å². The van der Waals surface area contributed by atoms with E-state index in [0.717, 1.165) is 11.3 Å². The zero-order valence-corrected chi connectivity index (χ0v) is 13.8. The monoisotopic (exact) mass is 353 g/mol. The second-order valence-electron chi connectivity index (χ2n) is 5.42. The molecule has 0 saturated carbocycles. The molecule has 0 bridgehead atoms. The molecule has 4 rings (SSSR count). The van der Waals surface area contributed by atoms with Crippen molar-refractivity contribution in [2.24, 2.45) is 0 Å². The standard InChI is InChI=1S/C18H13ClFN5/c19-14-2-1-3-15(20)13(14)11-22-18-10-16(12-4-7-21-8-5-12)24-17-6-9-23-25(17)18/h1-10,22H,11H2. The fraction of sp³-hybridized carbons (Fsp3) is 0.0556. The Kier molecular flexibility index (Phi) is 4.03. The van der Waals surface area contributed by atoms with E-state index in [0.29, 0.717) is 22.1 Å². The SMILES string of the molecule is Fc1cccc(Cl)c1CNc1cc(-c2ccncc2)nc2ccnn12. The van der Waals surface area contributed by atoms with Crippen LogP contribution in [0.2, 0.25) is 5.02 Å². The maximum absolute atomic E-state index is 14.0. The van der Waals surface area contributed by atoms with Crippen molar-refractivity contribution in [2.75, 3.05) is 5.32 Å². The van der Waals surface area contributed by atoms with Crippen LogP contribution in [0.3, 0.4) is 0 Å². The van der Waals surface area contributed by atoms with E-state index in [1.807, 2.05) is 24.3 Å². The molecule has 7 heteroatoms. The number of pyridine rings is 1. The van der Waals surface area contributed by atoms with Crippen molar-refractivity contribution in [1.29, 1.82) is 0 Å². The van der Waals surface area contributed by atoms with Gasteiger partial charge in [0.2, 0.25) is 0 Å². The summed E-state index contributed by atoms with van der Waals surface area (Å²) < 4.78 is 15.7. The van der Waals surface area contributed by atoms with E-state index in [4.69, 9.17) is 11.6 Å². The predicted octanol–water partition coefficient (Wildman–Crippen LogP) is 4.20. The summed E-state index contributed by atoms with van der Waals surface area (Å²) in [5.41, 5.74) is 2.81. The van der Waals surface area contributed by atoms with Crippen LogP contribution in [0, 0.1) is 5.82 Å². The zero-order chi connectivity index (χ0) is 17.2. The van der Waals surface area contributed by atoms with Crippen molar-refractivity contribution < 1.29 is 4.39 Å². The molecule has 3 heterocycles. The molecule has 3 aromatic heterocycles. The Hall–Kier alpha value is -2.99. The molecule has 0 aliphatic carbocycles. The van der Waals surface area contributed by atoms with Crippen LogP contribution in [0.4, 0.5) is 10.2 Å². The smallest absolute Gasteiger partial charge is 0.157 e. The summed E-state index contributed by atoms with van der Waals surface area (Å²) in [5, 5.41) is 7.85. The van der Waals surface area contributed by atoms with Gasteiger partial charge in [0.1, 0.15) is 11.6 Å². The summed E-state index contributed by atoms with van der Waals surface area (Å²) in [6.07, 6.45) is 5.09. The summed E-state index contributed by atoms with van der Waals surface area (Å²) in [4.78, 5) is 8.61. The largest absolute Gasteiger partial charge is 0.366 e. The molecule has 5 nitrogen and oxygen atoms in total. The van der Waals surface area contributed by atoms with Crippen molar-refractivity contribution in [2.45, 2.75) is 6.54 Å². The van der Waals surface area contributed by atoms with Crippen LogP contribution in [0.25, 0.3) is 16.9 Å². The third-order valence-corrected chi connectivity index (χ3v) is 4.20. The first-order valence-corrected chi connectivity index (χ1v) is 8.02. The van der Waals surface area contributed by atoms with Crippen LogP contribution in [-0.2, 0) is 6.54 Å². The minimum atomic E-state index is -0.347. The third kappa shape index (κ3) is 3.04. The Balaban J connectivity index is 1.72. The minimum absolute atomic E-state index is 0.236. The molecule has 0 fully saturated rings. The van der Waals surface area contributed by atoms with Crippen LogP contribution >= 0.6 is 11.6 Å². The number of anilines is 1. The maximum Gasteiger partial charge on any atom is 0.157 e. The molecule has 0 unspecified atom stereocenters. The number of halogens is 2. The summed E-state index contributed by atoms with van der Waals surface area (Å²) in [5.74, 6) is 0.348. The number of aromatic nitrogens is 4. The molecule has 0 amide bonds.